The molecule has 4 heteroatoms. The Hall–Kier alpha value is -1.97. The fourth-order valence-electron chi connectivity index (χ4n) is 1.10. The van der Waals surface area contributed by atoms with E-state index in [2.05, 4.69) is 5.32 Å². The first-order chi connectivity index (χ1) is 7.18. The number of nitrogens with two attached hydrogens (primary N) is 1. The number of rotatable bonds is 5. The van der Waals surface area contributed by atoms with Crippen molar-refractivity contribution in [1.82, 2.24) is 5.32 Å². The summed E-state index contributed by atoms with van der Waals surface area (Å²) >= 11 is 0. The highest BCUT2D eigenvalue weighted by molar-refractivity contribution is 5.85. The number of aromatic hydroxyl groups is 1. The van der Waals surface area contributed by atoms with E-state index >= 15 is 0 Å². The highest BCUT2D eigenvalue weighted by atomic mass is 16.3. The number of carbonyl (C=O) groups is 1. The van der Waals surface area contributed by atoms with Crippen molar-refractivity contribution in [2.24, 2.45) is 5.73 Å². The molecule has 0 heterocycles. The summed E-state index contributed by atoms with van der Waals surface area (Å²) in [6.07, 6.45) is 3.63. The molecule has 1 rings (SSSR count). The van der Waals surface area contributed by atoms with Gasteiger partial charge in [-0.2, -0.15) is 0 Å². The lowest BCUT2D eigenvalue weighted by Gasteiger charge is -2.01. The average Bonchev–Trinajstić information content (AvgIpc) is 2.20. The quantitative estimate of drug-likeness (QED) is 0.485. The van der Waals surface area contributed by atoms with Crippen molar-refractivity contribution in [3.63, 3.8) is 0 Å². The van der Waals surface area contributed by atoms with Gasteiger partial charge < -0.3 is 16.2 Å². The van der Waals surface area contributed by atoms with E-state index in [1.807, 2.05) is 12.1 Å². The maximum atomic E-state index is 10.3. The predicted octanol–water partition coefficient (Wildman–Crippen LogP) is 0.523. The molecule has 1 aromatic rings. The molecule has 0 atom stereocenters. The van der Waals surface area contributed by atoms with E-state index in [0.717, 1.165) is 12.0 Å². The topological polar surface area (TPSA) is 75.4 Å². The van der Waals surface area contributed by atoms with Gasteiger partial charge in [0, 0.05) is 18.8 Å². The molecule has 0 aromatic heterocycles. The largest absolute Gasteiger partial charge is 0.508 e. The summed E-state index contributed by atoms with van der Waals surface area (Å²) in [5.74, 6) is -0.201. The summed E-state index contributed by atoms with van der Waals surface area (Å²) in [4.78, 5) is 10.3. The van der Waals surface area contributed by atoms with Crippen molar-refractivity contribution in [2.45, 2.75) is 6.42 Å². The van der Waals surface area contributed by atoms with Gasteiger partial charge in [0.05, 0.1) is 0 Å². The SMILES string of the molecule is NC(=O)C=CNCCc1ccc(O)cc1. The third kappa shape index (κ3) is 4.71. The summed E-state index contributed by atoms with van der Waals surface area (Å²) in [5.41, 5.74) is 6.03. The minimum atomic E-state index is -0.466. The van der Waals surface area contributed by atoms with Gasteiger partial charge in [-0.25, -0.2) is 0 Å². The zero-order valence-electron chi connectivity index (χ0n) is 8.31. The fourth-order valence-corrected chi connectivity index (χ4v) is 1.10. The number of phenolic OH excluding ortho intramolecular Hbond substituents is 1. The van der Waals surface area contributed by atoms with Crippen molar-refractivity contribution >= 4 is 5.91 Å². The van der Waals surface area contributed by atoms with Crippen molar-refractivity contribution in [2.75, 3.05) is 6.54 Å². The van der Waals surface area contributed by atoms with Crippen LogP contribution in [0.1, 0.15) is 5.56 Å². The lowest BCUT2D eigenvalue weighted by Crippen LogP contribution is -2.12. The molecule has 4 nitrogen and oxygen atoms in total. The molecule has 0 aliphatic carbocycles. The van der Waals surface area contributed by atoms with Crippen LogP contribution >= 0.6 is 0 Å². The summed E-state index contributed by atoms with van der Waals surface area (Å²) in [6, 6.07) is 7.01. The van der Waals surface area contributed by atoms with Gasteiger partial charge in [0.25, 0.3) is 0 Å². The van der Waals surface area contributed by atoms with E-state index < -0.39 is 5.91 Å². The maximum absolute atomic E-state index is 10.3. The molecule has 0 unspecified atom stereocenters. The molecule has 0 bridgehead atoms. The molecule has 1 aromatic carbocycles. The third-order valence-corrected chi connectivity index (χ3v) is 1.86. The van der Waals surface area contributed by atoms with Crippen molar-refractivity contribution < 1.29 is 9.90 Å². The zero-order chi connectivity index (χ0) is 11.1. The van der Waals surface area contributed by atoms with Crippen LogP contribution in [0.5, 0.6) is 5.75 Å². The van der Waals surface area contributed by atoms with Crippen LogP contribution in [0.25, 0.3) is 0 Å². The second kappa shape index (κ2) is 5.70. The second-order valence-electron chi connectivity index (χ2n) is 3.11. The zero-order valence-corrected chi connectivity index (χ0v) is 8.31. The van der Waals surface area contributed by atoms with Crippen LogP contribution < -0.4 is 11.1 Å². The fraction of sp³-hybridized carbons (Fsp3) is 0.182. The molecule has 80 valence electrons. The Balaban J connectivity index is 2.26. The molecule has 0 fully saturated rings. The molecule has 1 amide bonds. The molecule has 0 saturated carbocycles. The van der Waals surface area contributed by atoms with E-state index in [1.54, 1.807) is 12.1 Å². The first-order valence-corrected chi connectivity index (χ1v) is 4.66. The first-order valence-electron chi connectivity index (χ1n) is 4.66. The molecule has 0 saturated heterocycles. The Morgan fingerprint density at radius 1 is 1.40 bits per heavy atom. The van der Waals surface area contributed by atoms with E-state index in [1.165, 1.54) is 12.3 Å². The summed E-state index contributed by atoms with van der Waals surface area (Å²) in [5, 5.41) is 12.0. The lowest BCUT2D eigenvalue weighted by molar-refractivity contribution is -0.113. The van der Waals surface area contributed by atoms with Gasteiger partial charge in [0.2, 0.25) is 5.91 Å². The van der Waals surface area contributed by atoms with Crippen molar-refractivity contribution in [3.8, 4) is 5.75 Å². The number of primary amides is 1. The number of hydrogen-bond acceptors (Lipinski definition) is 3. The lowest BCUT2D eigenvalue weighted by atomic mass is 10.1. The molecule has 0 radical (unpaired) electrons. The van der Waals surface area contributed by atoms with Crippen LogP contribution in [0.3, 0.4) is 0 Å². The molecule has 0 spiro atoms. The van der Waals surface area contributed by atoms with E-state index in [-0.39, 0.29) is 5.75 Å². The number of carbonyl (C=O) groups excluding carboxylic acids is 1. The van der Waals surface area contributed by atoms with Crippen LogP contribution in [0.15, 0.2) is 36.5 Å². The second-order valence-corrected chi connectivity index (χ2v) is 3.11. The predicted molar refractivity (Wildman–Crippen MR) is 58.1 cm³/mol. The van der Waals surface area contributed by atoms with Gasteiger partial charge >= 0.3 is 0 Å². The van der Waals surface area contributed by atoms with Crippen LogP contribution in [-0.4, -0.2) is 17.6 Å². The number of amides is 1. The Labute approximate surface area is 88.4 Å². The smallest absolute Gasteiger partial charge is 0.242 e. The highest BCUT2D eigenvalue weighted by Crippen LogP contribution is 2.09. The third-order valence-electron chi connectivity index (χ3n) is 1.86. The maximum Gasteiger partial charge on any atom is 0.242 e. The minimum absolute atomic E-state index is 0.264. The minimum Gasteiger partial charge on any atom is -0.508 e. The van der Waals surface area contributed by atoms with Gasteiger partial charge in [-0.1, -0.05) is 12.1 Å². The molecule has 0 aliphatic heterocycles. The number of hydrogen-bond donors (Lipinski definition) is 3. The molecule has 4 N–H and O–H groups in total. The van der Waals surface area contributed by atoms with E-state index in [9.17, 15) is 4.79 Å². The Morgan fingerprint density at radius 3 is 2.67 bits per heavy atom. The number of benzene rings is 1. The summed E-state index contributed by atoms with van der Waals surface area (Å²) < 4.78 is 0. The molecular weight excluding hydrogens is 192 g/mol. The summed E-state index contributed by atoms with van der Waals surface area (Å²) in [6.45, 7) is 0.717. The van der Waals surface area contributed by atoms with Crippen LogP contribution in [-0.2, 0) is 11.2 Å². The molecule has 0 aliphatic rings. The Morgan fingerprint density at radius 2 is 2.07 bits per heavy atom. The average molecular weight is 206 g/mol. The van der Waals surface area contributed by atoms with Gasteiger partial charge in [-0.3, -0.25) is 4.79 Å². The van der Waals surface area contributed by atoms with E-state index in [4.69, 9.17) is 10.8 Å². The van der Waals surface area contributed by atoms with Gasteiger partial charge in [-0.05, 0) is 24.1 Å². The standard InChI is InChI=1S/C11H14N2O2/c12-11(15)6-8-13-7-5-9-1-3-10(14)4-2-9/h1-4,6,8,13-14H,5,7H2,(H2,12,15). The van der Waals surface area contributed by atoms with Crippen molar-refractivity contribution in [3.05, 3.63) is 42.1 Å². The number of nitrogens with one attached hydrogen (secondary N) is 1. The normalized spacial score (nSPS) is 10.4. The highest BCUT2D eigenvalue weighted by Gasteiger charge is 1.92. The van der Waals surface area contributed by atoms with Gasteiger partial charge in [-0.15, -0.1) is 0 Å². The van der Waals surface area contributed by atoms with Crippen LogP contribution in [0.4, 0.5) is 0 Å². The summed E-state index contributed by atoms with van der Waals surface area (Å²) in [7, 11) is 0. The van der Waals surface area contributed by atoms with E-state index in [0.29, 0.717) is 6.54 Å². The molecule has 15 heavy (non-hydrogen) atoms. The number of phenols is 1. The van der Waals surface area contributed by atoms with Gasteiger partial charge in [0.15, 0.2) is 0 Å². The monoisotopic (exact) mass is 206 g/mol. The van der Waals surface area contributed by atoms with Crippen LogP contribution in [0.2, 0.25) is 0 Å². The molecular formula is C11H14N2O2. The first kappa shape index (κ1) is 11.1. The Bertz CT molecular complexity index is 344. The van der Waals surface area contributed by atoms with Crippen LogP contribution in [0, 0.1) is 0 Å². The Kier molecular flexibility index (Phi) is 4.22. The van der Waals surface area contributed by atoms with Crippen molar-refractivity contribution in [1.29, 1.82) is 0 Å². The van der Waals surface area contributed by atoms with Gasteiger partial charge in [0.1, 0.15) is 5.75 Å².